The van der Waals surface area contributed by atoms with Crippen molar-refractivity contribution in [2.24, 2.45) is 0 Å². The van der Waals surface area contributed by atoms with Crippen molar-refractivity contribution in [2.45, 2.75) is 19.8 Å². The van der Waals surface area contributed by atoms with E-state index in [1.54, 1.807) is 18.4 Å². The van der Waals surface area contributed by atoms with E-state index in [1.807, 2.05) is 0 Å². The SMILES string of the molecule is COCCOCCC(=O)NCCc1csc(-c2ccc(C)cc2)n1. The summed E-state index contributed by atoms with van der Waals surface area (Å²) in [6.45, 7) is 4.15. The number of nitrogens with one attached hydrogen (secondary N) is 1. The Kier molecular flexibility index (Phi) is 7.88. The number of aryl methyl sites for hydroxylation is 1. The molecule has 0 saturated carbocycles. The number of methoxy groups -OCH3 is 1. The van der Waals surface area contributed by atoms with Gasteiger partial charge in [0.25, 0.3) is 0 Å². The average Bonchev–Trinajstić information content (AvgIpc) is 3.04. The molecule has 1 amide bonds. The monoisotopic (exact) mass is 348 g/mol. The van der Waals surface area contributed by atoms with E-state index in [1.165, 1.54) is 5.56 Å². The minimum atomic E-state index is 0.00130. The predicted octanol–water partition coefficient (Wildman–Crippen LogP) is 2.83. The fourth-order valence-electron chi connectivity index (χ4n) is 2.08. The molecular formula is C18H24N2O3S. The number of nitrogens with zero attached hydrogens (tertiary/aromatic N) is 1. The van der Waals surface area contributed by atoms with Crippen LogP contribution < -0.4 is 5.32 Å². The molecule has 2 rings (SSSR count). The highest BCUT2D eigenvalue weighted by Crippen LogP contribution is 2.24. The number of rotatable bonds is 10. The van der Waals surface area contributed by atoms with Crippen molar-refractivity contribution < 1.29 is 14.3 Å². The normalized spacial score (nSPS) is 10.8. The molecule has 24 heavy (non-hydrogen) atoms. The van der Waals surface area contributed by atoms with Gasteiger partial charge in [-0.1, -0.05) is 29.8 Å². The first-order valence-corrected chi connectivity index (χ1v) is 8.92. The molecule has 0 aliphatic carbocycles. The van der Waals surface area contributed by atoms with Crippen molar-refractivity contribution in [1.29, 1.82) is 0 Å². The van der Waals surface area contributed by atoms with Crippen molar-refractivity contribution in [2.75, 3.05) is 33.5 Å². The van der Waals surface area contributed by atoms with Crippen molar-refractivity contribution in [3.05, 3.63) is 40.9 Å². The largest absolute Gasteiger partial charge is 0.382 e. The van der Waals surface area contributed by atoms with Crippen LogP contribution in [0.25, 0.3) is 10.6 Å². The molecule has 1 N–H and O–H groups in total. The van der Waals surface area contributed by atoms with Crippen molar-refractivity contribution in [1.82, 2.24) is 10.3 Å². The fourth-order valence-corrected chi connectivity index (χ4v) is 2.94. The Morgan fingerprint density at radius 1 is 1.21 bits per heavy atom. The van der Waals surface area contributed by atoms with Crippen molar-refractivity contribution >= 4 is 17.2 Å². The highest BCUT2D eigenvalue weighted by molar-refractivity contribution is 7.13. The van der Waals surface area contributed by atoms with Crippen LogP contribution in [-0.2, 0) is 20.7 Å². The average molecular weight is 348 g/mol. The molecule has 0 unspecified atom stereocenters. The van der Waals surface area contributed by atoms with E-state index in [2.05, 4.69) is 46.9 Å². The molecule has 1 aromatic heterocycles. The molecule has 0 fully saturated rings. The number of benzene rings is 1. The van der Waals surface area contributed by atoms with E-state index in [4.69, 9.17) is 9.47 Å². The van der Waals surface area contributed by atoms with Gasteiger partial charge in [0.05, 0.1) is 25.5 Å². The summed E-state index contributed by atoms with van der Waals surface area (Å²) in [5.74, 6) is 0.00130. The van der Waals surface area contributed by atoms with Crippen LogP contribution in [0, 0.1) is 6.92 Å². The zero-order valence-electron chi connectivity index (χ0n) is 14.2. The first-order chi connectivity index (χ1) is 11.7. The second kappa shape index (κ2) is 10.2. The van der Waals surface area contributed by atoms with E-state index >= 15 is 0 Å². The number of carbonyl (C=O) groups is 1. The zero-order valence-corrected chi connectivity index (χ0v) is 15.0. The summed E-state index contributed by atoms with van der Waals surface area (Å²) < 4.78 is 10.1. The van der Waals surface area contributed by atoms with E-state index < -0.39 is 0 Å². The lowest BCUT2D eigenvalue weighted by Crippen LogP contribution is -2.26. The smallest absolute Gasteiger partial charge is 0.222 e. The third kappa shape index (κ3) is 6.39. The van der Waals surface area contributed by atoms with Gasteiger partial charge in [-0.2, -0.15) is 0 Å². The summed E-state index contributed by atoms with van der Waals surface area (Å²) in [4.78, 5) is 16.3. The molecule has 2 aromatic rings. The molecule has 0 saturated heterocycles. The van der Waals surface area contributed by atoms with Crippen LogP contribution >= 0.6 is 11.3 Å². The highest BCUT2D eigenvalue weighted by atomic mass is 32.1. The predicted molar refractivity (Wildman–Crippen MR) is 96.3 cm³/mol. The van der Waals surface area contributed by atoms with Crippen LogP contribution in [0.3, 0.4) is 0 Å². The molecule has 0 aliphatic rings. The van der Waals surface area contributed by atoms with E-state index in [9.17, 15) is 4.79 Å². The Labute approximate surface area is 147 Å². The Morgan fingerprint density at radius 3 is 2.75 bits per heavy atom. The van der Waals surface area contributed by atoms with Gasteiger partial charge in [-0.3, -0.25) is 4.79 Å². The number of hydrogen-bond acceptors (Lipinski definition) is 5. The number of thiazole rings is 1. The molecule has 6 heteroatoms. The third-order valence-electron chi connectivity index (χ3n) is 3.46. The third-order valence-corrected chi connectivity index (χ3v) is 4.40. The maximum atomic E-state index is 11.7. The second-order valence-electron chi connectivity index (χ2n) is 5.47. The number of aromatic nitrogens is 1. The molecule has 0 radical (unpaired) electrons. The summed E-state index contributed by atoms with van der Waals surface area (Å²) in [6, 6.07) is 8.35. The number of hydrogen-bond donors (Lipinski definition) is 1. The number of ether oxygens (including phenoxy) is 2. The molecule has 5 nitrogen and oxygen atoms in total. The van der Waals surface area contributed by atoms with Gasteiger partial charge >= 0.3 is 0 Å². The molecule has 1 aromatic carbocycles. The quantitative estimate of drug-likeness (QED) is 0.671. The molecule has 0 bridgehead atoms. The Hall–Kier alpha value is -1.76. The Balaban J connectivity index is 1.68. The van der Waals surface area contributed by atoms with Crippen LogP contribution in [0.5, 0.6) is 0 Å². The first-order valence-electron chi connectivity index (χ1n) is 8.04. The summed E-state index contributed by atoms with van der Waals surface area (Å²) in [6.07, 6.45) is 1.11. The zero-order chi connectivity index (χ0) is 17.2. The molecule has 0 aliphatic heterocycles. The van der Waals surface area contributed by atoms with Crippen LogP contribution in [0.15, 0.2) is 29.6 Å². The summed E-state index contributed by atoms with van der Waals surface area (Å²) in [7, 11) is 1.62. The van der Waals surface area contributed by atoms with E-state index in [0.717, 1.165) is 22.7 Å². The minimum Gasteiger partial charge on any atom is -0.382 e. The van der Waals surface area contributed by atoms with E-state index in [0.29, 0.717) is 32.8 Å². The lowest BCUT2D eigenvalue weighted by atomic mass is 10.2. The number of amides is 1. The standard InChI is InChI=1S/C18H24N2O3S/c1-14-3-5-15(6-4-14)18-20-16(13-24-18)7-9-19-17(21)8-10-23-12-11-22-2/h3-6,13H,7-12H2,1-2H3,(H,19,21). The highest BCUT2D eigenvalue weighted by Gasteiger charge is 2.06. The molecule has 0 atom stereocenters. The van der Waals surface area contributed by atoms with Gasteiger partial charge in [0.15, 0.2) is 0 Å². The topological polar surface area (TPSA) is 60.5 Å². The molecule has 1 heterocycles. The van der Waals surface area contributed by atoms with Crippen molar-refractivity contribution in [3.8, 4) is 10.6 Å². The lowest BCUT2D eigenvalue weighted by Gasteiger charge is -2.05. The van der Waals surface area contributed by atoms with E-state index in [-0.39, 0.29) is 5.91 Å². The van der Waals surface area contributed by atoms with Gasteiger partial charge < -0.3 is 14.8 Å². The first kappa shape index (κ1) is 18.6. The van der Waals surface area contributed by atoms with Crippen LogP contribution in [-0.4, -0.2) is 44.4 Å². The summed E-state index contributed by atoms with van der Waals surface area (Å²) >= 11 is 1.63. The Morgan fingerprint density at radius 2 is 2.00 bits per heavy atom. The van der Waals surface area contributed by atoms with Crippen LogP contribution in [0.2, 0.25) is 0 Å². The maximum absolute atomic E-state index is 11.7. The van der Waals surface area contributed by atoms with Gasteiger partial charge in [0.1, 0.15) is 5.01 Å². The van der Waals surface area contributed by atoms with Crippen molar-refractivity contribution in [3.63, 3.8) is 0 Å². The van der Waals surface area contributed by atoms with Gasteiger partial charge in [0.2, 0.25) is 5.91 Å². The number of carbonyl (C=O) groups excluding carboxylic acids is 1. The molecule has 0 spiro atoms. The fraction of sp³-hybridized carbons (Fsp3) is 0.444. The lowest BCUT2D eigenvalue weighted by molar-refractivity contribution is -0.122. The summed E-state index contributed by atoms with van der Waals surface area (Å²) in [5, 5.41) is 5.96. The molecule has 130 valence electrons. The second-order valence-corrected chi connectivity index (χ2v) is 6.32. The summed E-state index contributed by atoms with van der Waals surface area (Å²) in [5.41, 5.74) is 3.38. The minimum absolute atomic E-state index is 0.00130. The van der Waals surface area contributed by atoms with Gasteiger partial charge in [0, 0.05) is 37.4 Å². The van der Waals surface area contributed by atoms with Gasteiger partial charge in [-0.25, -0.2) is 4.98 Å². The Bertz CT molecular complexity index is 625. The van der Waals surface area contributed by atoms with Gasteiger partial charge in [-0.05, 0) is 6.92 Å². The van der Waals surface area contributed by atoms with Crippen LogP contribution in [0.1, 0.15) is 17.7 Å². The van der Waals surface area contributed by atoms with Crippen LogP contribution in [0.4, 0.5) is 0 Å². The van der Waals surface area contributed by atoms with Gasteiger partial charge in [-0.15, -0.1) is 11.3 Å². The maximum Gasteiger partial charge on any atom is 0.222 e. The molecular weight excluding hydrogens is 324 g/mol.